The van der Waals surface area contributed by atoms with Gasteiger partial charge in [0.15, 0.2) is 0 Å². The van der Waals surface area contributed by atoms with Crippen molar-refractivity contribution in [3.63, 3.8) is 0 Å². The number of nitrogens with zero attached hydrogens (tertiary/aromatic N) is 3. The molecule has 0 spiro atoms. The molecule has 0 atom stereocenters. The summed E-state index contributed by atoms with van der Waals surface area (Å²) in [5, 5.41) is 26.7. The fraction of sp³-hybridized carbons (Fsp3) is 0.444. The molecule has 0 aliphatic rings. The zero-order chi connectivity index (χ0) is 17.4. The number of aromatic hydroxyl groups is 1. The second-order valence-electron chi connectivity index (χ2n) is 7.82. The molecule has 0 aliphatic heterocycles. The first-order chi connectivity index (χ1) is 10.5. The molecule has 0 saturated heterocycles. The number of oxime groups is 1. The van der Waals surface area contributed by atoms with Gasteiger partial charge in [0.2, 0.25) is 0 Å². The van der Waals surface area contributed by atoms with Crippen LogP contribution in [0, 0.1) is 0 Å². The van der Waals surface area contributed by atoms with Crippen molar-refractivity contribution < 1.29 is 10.3 Å². The highest BCUT2D eigenvalue weighted by Gasteiger charge is 2.27. The van der Waals surface area contributed by atoms with Crippen LogP contribution in [0.4, 0.5) is 0 Å². The molecule has 0 amide bonds. The summed E-state index contributed by atoms with van der Waals surface area (Å²) in [5.74, 6) is 0.345. The molecule has 0 saturated carbocycles. The lowest BCUT2D eigenvalue weighted by Gasteiger charge is -2.28. The molecule has 5 heteroatoms. The molecule has 0 fully saturated rings. The van der Waals surface area contributed by atoms with Crippen molar-refractivity contribution in [2.45, 2.75) is 52.4 Å². The van der Waals surface area contributed by atoms with Crippen LogP contribution >= 0.6 is 0 Å². The minimum Gasteiger partial charge on any atom is -0.507 e. The standard InChI is InChI=1S/C18H25N3O2/c1-17(2,3)14-9-13(10-15(16(14)22)18(4,5)6)21-8-7-12(20-21)11-19-23/h7-11,22-23H,1-6H3. The summed E-state index contributed by atoms with van der Waals surface area (Å²) in [4.78, 5) is 0. The van der Waals surface area contributed by atoms with E-state index in [0.717, 1.165) is 16.8 Å². The monoisotopic (exact) mass is 315 g/mol. The van der Waals surface area contributed by atoms with Gasteiger partial charge in [0.1, 0.15) is 11.4 Å². The Morgan fingerprint density at radius 1 is 1.04 bits per heavy atom. The van der Waals surface area contributed by atoms with Gasteiger partial charge < -0.3 is 10.3 Å². The second-order valence-corrected chi connectivity index (χ2v) is 7.82. The van der Waals surface area contributed by atoms with Crippen molar-refractivity contribution in [2.75, 3.05) is 0 Å². The second kappa shape index (κ2) is 5.72. The van der Waals surface area contributed by atoms with Crippen molar-refractivity contribution in [1.82, 2.24) is 9.78 Å². The highest BCUT2D eigenvalue weighted by atomic mass is 16.4. The van der Waals surface area contributed by atoms with Crippen LogP contribution in [0.3, 0.4) is 0 Å². The summed E-state index contributed by atoms with van der Waals surface area (Å²) in [6, 6.07) is 5.68. The molecule has 2 N–H and O–H groups in total. The number of rotatable bonds is 2. The smallest absolute Gasteiger partial charge is 0.123 e. The predicted molar refractivity (Wildman–Crippen MR) is 92.0 cm³/mol. The number of phenols is 1. The molecule has 0 unspecified atom stereocenters. The van der Waals surface area contributed by atoms with Gasteiger partial charge in [-0.3, -0.25) is 0 Å². The molecule has 1 heterocycles. The summed E-state index contributed by atoms with van der Waals surface area (Å²) < 4.78 is 1.72. The minimum absolute atomic E-state index is 0.192. The minimum atomic E-state index is -0.192. The van der Waals surface area contributed by atoms with Crippen LogP contribution in [-0.2, 0) is 10.8 Å². The SMILES string of the molecule is CC(C)(C)c1cc(-n2ccc(C=NO)n2)cc(C(C)(C)C)c1O. The van der Waals surface area contributed by atoms with Gasteiger partial charge in [0.25, 0.3) is 0 Å². The number of aromatic nitrogens is 2. The lowest BCUT2D eigenvalue weighted by molar-refractivity contribution is 0.321. The molecular formula is C18H25N3O2. The van der Waals surface area contributed by atoms with E-state index in [1.807, 2.05) is 18.3 Å². The van der Waals surface area contributed by atoms with Gasteiger partial charge in [-0.1, -0.05) is 46.7 Å². The third-order valence-corrected chi connectivity index (χ3v) is 3.77. The molecular weight excluding hydrogens is 290 g/mol. The lowest BCUT2D eigenvalue weighted by atomic mass is 9.79. The van der Waals surface area contributed by atoms with Crippen LogP contribution in [0.15, 0.2) is 29.6 Å². The Morgan fingerprint density at radius 2 is 1.57 bits per heavy atom. The third kappa shape index (κ3) is 3.55. The van der Waals surface area contributed by atoms with Crippen LogP contribution in [0.1, 0.15) is 58.4 Å². The van der Waals surface area contributed by atoms with E-state index in [9.17, 15) is 5.11 Å². The quantitative estimate of drug-likeness (QED) is 0.500. The van der Waals surface area contributed by atoms with E-state index in [4.69, 9.17) is 5.21 Å². The van der Waals surface area contributed by atoms with Crippen molar-refractivity contribution in [1.29, 1.82) is 0 Å². The first-order valence-electron chi connectivity index (χ1n) is 7.65. The van der Waals surface area contributed by atoms with Crippen molar-refractivity contribution in [3.8, 4) is 11.4 Å². The molecule has 0 radical (unpaired) electrons. The van der Waals surface area contributed by atoms with E-state index in [1.54, 1.807) is 10.7 Å². The van der Waals surface area contributed by atoms with Crippen molar-refractivity contribution in [3.05, 3.63) is 41.2 Å². The average molecular weight is 315 g/mol. The maximum absolute atomic E-state index is 10.7. The lowest BCUT2D eigenvalue weighted by Crippen LogP contribution is -2.18. The van der Waals surface area contributed by atoms with Crippen LogP contribution < -0.4 is 0 Å². The van der Waals surface area contributed by atoms with Gasteiger partial charge in [0.05, 0.1) is 11.9 Å². The topological polar surface area (TPSA) is 70.6 Å². The first-order valence-corrected chi connectivity index (χ1v) is 7.65. The molecule has 2 rings (SSSR count). The van der Waals surface area contributed by atoms with E-state index in [1.165, 1.54) is 6.21 Å². The Morgan fingerprint density at radius 3 is 2.00 bits per heavy atom. The summed E-state index contributed by atoms with van der Waals surface area (Å²) in [6.45, 7) is 12.4. The average Bonchev–Trinajstić information content (AvgIpc) is 2.85. The normalized spacial score (nSPS) is 13.0. The Labute approximate surface area is 137 Å². The fourth-order valence-electron chi connectivity index (χ4n) is 2.50. The van der Waals surface area contributed by atoms with Gasteiger partial charge in [0, 0.05) is 17.3 Å². The van der Waals surface area contributed by atoms with Gasteiger partial charge in [-0.2, -0.15) is 5.10 Å². The van der Waals surface area contributed by atoms with Crippen LogP contribution in [0.25, 0.3) is 5.69 Å². The zero-order valence-electron chi connectivity index (χ0n) is 14.6. The van der Waals surface area contributed by atoms with Gasteiger partial charge in [-0.25, -0.2) is 4.68 Å². The molecule has 1 aromatic carbocycles. The maximum Gasteiger partial charge on any atom is 0.123 e. The Balaban J connectivity index is 2.68. The summed E-state index contributed by atoms with van der Waals surface area (Å²) >= 11 is 0. The van der Waals surface area contributed by atoms with E-state index >= 15 is 0 Å². The van der Waals surface area contributed by atoms with E-state index in [2.05, 4.69) is 51.8 Å². The largest absolute Gasteiger partial charge is 0.507 e. The molecule has 23 heavy (non-hydrogen) atoms. The summed E-state index contributed by atoms with van der Waals surface area (Å²) in [5.41, 5.74) is 2.82. The van der Waals surface area contributed by atoms with Crippen molar-refractivity contribution in [2.24, 2.45) is 5.16 Å². The number of benzene rings is 1. The molecule has 2 aromatic rings. The number of phenolic OH excluding ortho intramolecular Hbond substituents is 1. The zero-order valence-corrected chi connectivity index (χ0v) is 14.6. The summed E-state index contributed by atoms with van der Waals surface area (Å²) in [7, 11) is 0. The van der Waals surface area contributed by atoms with E-state index in [0.29, 0.717) is 11.4 Å². The molecule has 5 nitrogen and oxygen atoms in total. The molecule has 1 aromatic heterocycles. The van der Waals surface area contributed by atoms with E-state index < -0.39 is 0 Å². The third-order valence-electron chi connectivity index (χ3n) is 3.77. The fourth-order valence-corrected chi connectivity index (χ4v) is 2.50. The predicted octanol–water partition coefficient (Wildman–Crippen LogP) is 3.98. The Bertz CT molecular complexity index is 696. The van der Waals surface area contributed by atoms with Crippen LogP contribution in [-0.4, -0.2) is 26.3 Å². The maximum atomic E-state index is 10.7. The van der Waals surface area contributed by atoms with E-state index in [-0.39, 0.29) is 10.8 Å². The van der Waals surface area contributed by atoms with Gasteiger partial charge in [-0.15, -0.1) is 0 Å². The van der Waals surface area contributed by atoms with Crippen LogP contribution in [0.5, 0.6) is 5.75 Å². The van der Waals surface area contributed by atoms with Gasteiger partial charge in [-0.05, 0) is 29.0 Å². The van der Waals surface area contributed by atoms with Gasteiger partial charge >= 0.3 is 0 Å². The highest BCUT2D eigenvalue weighted by Crippen LogP contribution is 2.40. The molecule has 0 bridgehead atoms. The Hall–Kier alpha value is -2.30. The summed E-state index contributed by atoms with van der Waals surface area (Å²) in [6.07, 6.45) is 3.09. The van der Waals surface area contributed by atoms with Crippen molar-refractivity contribution >= 4 is 6.21 Å². The van der Waals surface area contributed by atoms with Crippen LogP contribution in [0.2, 0.25) is 0 Å². The molecule has 124 valence electrons. The Kier molecular flexibility index (Phi) is 4.24. The highest BCUT2D eigenvalue weighted by molar-refractivity contribution is 5.76. The molecule has 0 aliphatic carbocycles. The number of hydrogen-bond acceptors (Lipinski definition) is 4. The number of hydrogen-bond donors (Lipinski definition) is 2. The first kappa shape index (κ1) is 17.1.